The Bertz CT molecular complexity index is 1850. The van der Waals surface area contributed by atoms with Crippen LogP contribution in [0.25, 0.3) is 0 Å². The van der Waals surface area contributed by atoms with Crippen LogP contribution in [0.15, 0.2) is 60.7 Å². The van der Waals surface area contributed by atoms with Gasteiger partial charge in [-0.1, -0.05) is 101 Å². The fourth-order valence-corrected chi connectivity index (χ4v) is 9.21. The zero-order chi connectivity index (χ0) is 52.1. The van der Waals surface area contributed by atoms with E-state index in [2.05, 4.69) is 0 Å². The number of rotatable bonds is 15. The van der Waals surface area contributed by atoms with Gasteiger partial charge in [0.1, 0.15) is 36.8 Å². The van der Waals surface area contributed by atoms with Gasteiger partial charge < -0.3 is 38.2 Å². The second kappa shape index (κ2) is 33.0. The number of esters is 4. The highest BCUT2D eigenvalue weighted by Crippen LogP contribution is 2.24. The van der Waals surface area contributed by atoms with Crippen LogP contribution in [0.1, 0.15) is 169 Å². The molecule has 0 aromatic heterocycles. The molecule has 0 aliphatic carbocycles. The zero-order valence-corrected chi connectivity index (χ0v) is 43.2. The Balaban J connectivity index is 1.53. The van der Waals surface area contributed by atoms with Crippen molar-refractivity contribution in [3.8, 4) is 11.5 Å². The van der Waals surface area contributed by atoms with Crippen molar-refractivity contribution in [1.82, 2.24) is 9.80 Å². The minimum Gasteiger partial charge on any atom is -0.492 e. The maximum absolute atomic E-state index is 14.6. The quantitative estimate of drug-likeness (QED) is 0.121. The molecule has 4 rings (SSSR count). The van der Waals surface area contributed by atoms with E-state index in [4.69, 9.17) is 28.4 Å². The molecule has 16 heteroatoms. The minimum absolute atomic E-state index is 0.00832. The summed E-state index contributed by atoms with van der Waals surface area (Å²) in [5, 5.41) is 0. The van der Waals surface area contributed by atoms with E-state index in [0.717, 1.165) is 77.0 Å². The van der Waals surface area contributed by atoms with Crippen LogP contribution in [0.4, 0.5) is 0 Å². The molecule has 0 radical (unpaired) electrons. The number of cyclic esters (lactones) is 2. The average molecular weight is 1010 g/mol. The summed E-state index contributed by atoms with van der Waals surface area (Å²) in [6.45, 7) is 6.09. The molecular formula is C56H80N2O14. The predicted molar refractivity (Wildman–Crippen MR) is 269 cm³/mol. The lowest BCUT2D eigenvalue weighted by molar-refractivity contribution is -0.165. The summed E-state index contributed by atoms with van der Waals surface area (Å²) in [4.78, 5) is 113. The lowest BCUT2D eigenvalue weighted by atomic mass is 9.96. The third-order valence-corrected chi connectivity index (χ3v) is 13.2. The first-order valence-electron chi connectivity index (χ1n) is 26.5. The Labute approximate surface area is 426 Å². The van der Waals surface area contributed by atoms with Gasteiger partial charge in [0, 0.05) is 13.8 Å². The van der Waals surface area contributed by atoms with E-state index in [1.54, 1.807) is 62.4 Å². The monoisotopic (exact) mass is 1000 g/mol. The van der Waals surface area contributed by atoms with Gasteiger partial charge in [0.2, 0.25) is 11.8 Å². The lowest BCUT2D eigenvalue weighted by Gasteiger charge is -2.32. The van der Waals surface area contributed by atoms with E-state index in [9.17, 15) is 38.4 Å². The first-order valence-corrected chi connectivity index (χ1v) is 26.5. The highest BCUT2D eigenvalue weighted by Gasteiger charge is 2.39. The van der Waals surface area contributed by atoms with E-state index in [0.29, 0.717) is 37.2 Å². The number of Topliss-reactive ketones (excluding diaryl/α,β-unsaturated/α-hetero) is 2. The highest BCUT2D eigenvalue weighted by molar-refractivity contribution is 5.97. The van der Waals surface area contributed by atoms with E-state index in [1.165, 1.54) is 23.6 Å². The summed E-state index contributed by atoms with van der Waals surface area (Å²) in [6, 6.07) is 15.2. The molecule has 2 heterocycles. The maximum atomic E-state index is 14.6. The van der Waals surface area contributed by atoms with Gasteiger partial charge in [0.15, 0.2) is 23.8 Å². The van der Waals surface area contributed by atoms with Gasteiger partial charge in [-0.3, -0.25) is 38.4 Å². The summed E-state index contributed by atoms with van der Waals surface area (Å²) in [5.74, 6) is -4.32. The Morgan fingerprint density at radius 3 is 1.14 bits per heavy atom. The molecule has 398 valence electrons. The zero-order valence-electron chi connectivity index (χ0n) is 43.2. The van der Waals surface area contributed by atoms with Crippen LogP contribution < -0.4 is 9.47 Å². The molecule has 0 saturated carbocycles. The predicted octanol–water partition coefficient (Wildman–Crippen LogP) is 9.01. The van der Waals surface area contributed by atoms with Crippen molar-refractivity contribution in [3.63, 3.8) is 0 Å². The summed E-state index contributed by atoms with van der Waals surface area (Å²) < 4.78 is 34.9. The van der Waals surface area contributed by atoms with Crippen molar-refractivity contribution in [2.45, 2.75) is 205 Å². The number of hydrogen-bond acceptors (Lipinski definition) is 14. The number of carbonyl (C=O) groups excluding carboxylic acids is 8. The molecule has 0 bridgehead atoms. The largest absolute Gasteiger partial charge is 0.492 e. The molecule has 2 fully saturated rings. The third kappa shape index (κ3) is 22.3. The number of ketones is 2. The van der Waals surface area contributed by atoms with Gasteiger partial charge in [-0.25, -0.2) is 0 Å². The smallest absolute Gasteiger partial charge is 0.308 e. The number of amides is 2. The van der Waals surface area contributed by atoms with Crippen LogP contribution in [0.3, 0.4) is 0 Å². The van der Waals surface area contributed by atoms with Crippen LogP contribution in [0.2, 0.25) is 0 Å². The number of nitrogens with zero attached hydrogens (tertiary/aromatic N) is 2. The van der Waals surface area contributed by atoms with Gasteiger partial charge in [-0.05, 0) is 89.5 Å². The summed E-state index contributed by atoms with van der Waals surface area (Å²) >= 11 is 0. The second-order valence-corrected chi connectivity index (χ2v) is 19.2. The Morgan fingerprint density at radius 1 is 0.486 bits per heavy atom. The van der Waals surface area contributed by atoms with Crippen molar-refractivity contribution >= 4 is 47.3 Å². The molecule has 2 aliphatic rings. The van der Waals surface area contributed by atoms with Crippen LogP contribution >= 0.6 is 0 Å². The molecule has 0 N–H and O–H groups in total. The SMILES string of the molecule is CC(=O)N(CCOc1ccccc1)C1CC(=O)O[C@H](C)CCCCCCCCC[C@H](OC(=O)CCC(=O)O[C@H]2CCCCCCCCC[C@@H](C)OC(=O)CC(N(CCOc3ccccc3)C(C)=O)C2=O)C1=O. The number of para-hydroxylation sites is 2. The average Bonchev–Trinajstić information content (AvgIpc) is 3.34. The van der Waals surface area contributed by atoms with Crippen molar-refractivity contribution in [1.29, 1.82) is 0 Å². The van der Waals surface area contributed by atoms with Crippen molar-refractivity contribution < 1.29 is 66.8 Å². The van der Waals surface area contributed by atoms with Crippen LogP contribution in [-0.2, 0) is 57.3 Å². The first-order chi connectivity index (χ1) is 34.7. The van der Waals surface area contributed by atoms with E-state index >= 15 is 0 Å². The molecule has 2 aliphatic heterocycles. The maximum Gasteiger partial charge on any atom is 0.308 e. The molecular weight excluding hydrogens is 925 g/mol. The van der Waals surface area contributed by atoms with Crippen molar-refractivity contribution in [2.75, 3.05) is 26.3 Å². The summed E-state index contributed by atoms with van der Waals surface area (Å²) in [5.41, 5.74) is 0. The number of ether oxygens (including phenoxy) is 6. The van der Waals surface area contributed by atoms with Crippen molar-refractivity contribution in [2.24, 2.45) is 0 Å². The molecule has 2 aromatic carbocycles. The number of hydrogen-bond donors (Lipinski definition) is 0. The fraction of sp³-hybridized carbons (Fsp3) is 0.643. The van der Waals surface area contributed by atoms with Gasteiger partial charge in [0.05, 0.1) is 51.0 Å². The standard InChI is InChI=1S/C56H80N2O14/c1-41-25-17-11-7-5-9-13-23-31-49(55(65)47(39-53(63)69-41)57(43(3)59)35-37-67-45-27-19-15-20-28-45)71-51(61)33-34-52(62)72-50-32-24-14-10-6-8-12-18-26-42(2)70-54(64)40-48(56(50)66)58(44(4)60)36-38-68-46-29-21-16-22-30-46/h15-16,19-22,27-30,41-42,47-50H,5-14,17-18,23-26,31-40H2,1-4H3/t41-,42-,47?,48?,49+,50+/m1/s1. The summed E-state index contributed by atoms with van der Waals surface area (Å²) in [6.07, 6.45) is 8.05. The van der Waals surface area contributed by atoms with Gasteiger partial charge in [-0.2, -0.15) is 0 Å². The van der Waals surface area contributed by atoms with Gasteiger partial charge in [-0.15, -0.1) is 0 Å². The Hall–Kier alpha value is -5.80. The van der Waals surface area contributed by atoms with Crippen LogP contribution in [0, 0.1) is 0 Å². The first kappa shape index (κ1) is 58.8. The molecule has 2 saturated heterocycles. The molecule has 2 unspecified atom stereocenters. The van der Waals surface area contributed by atoms with Crippen molar-refractivity contribution in [3.05, 3.63) is 60.7 Å². The molecule has 0 spiro atoms. The molecule has 16 nitrogen and oxygen atoms in total. The minimum atomic E-state index is -1.37. The molecule has 2 aromatic rings. The molecule has 2 amide bonds. The topological polar surface area (TPSA) is 198 Å². The number of benzene rings is 2. The normalized spacial score (nSPS) is 23.1. The van der Waals surface area contributed by atoms with Crippen LogP contribution in [-0.4, -0.2) is 120 Å². The number of carbonyl (C=O) groups is 8. The fourth-order valence-electron chi connectivity index (χ4n) is 9.21. The van der Waals surface area contributed by atoms with E-state index in [-0.39, 0.29) is 39.1 Å². The lowest BCUT2D eigenvalue weighted by Crippen LogP contribution is -2.51. The Kier molecular flexibility index (Phi) is 27.0. The highest BCUT2D eigenvalue weighted by atomic mass is 16.6. The molecule has 6 atom stereocenters. The van der Waals surface area contributed by atoms with E-state index in [1.807, 2.05) is 12.1 Å². The van der Waals surface area contributed by atoms with Gasteiger partial charge in [0.25, 0.3) is 0 Å². The van der Waals surface area contributed by atoms with E-state index < -0.39 is 109 Å². The second-order valence-electron chi connectivity index (χ2n) is 19.2. The van der Waals surface area contributed by atoms with Gasteiger partial charge >= 0.3 is 23.9 Å². The Morgan fingerprint density at radius 2 is 0.806 bits per heavy atom. The molecule has 72 heavy (non-hydrogen) atoms. The third-order valence-electron chi connectivity index (χ3n) is 13.2. The van der Waals surface area contributed by atoms with Crippen LogP contribution in [0.5, 0.6) is 11.5 Å². The summed E-state index contributed by atoms with van der Waals surface area (Å²) in [7, 11) is 0.